The van der Waals surface area contributed by atoms with Crippen LogP contribution in [0.1, 0.15) is 32.3 Å². The minimum Gasteiger partial charge on any atom is -0.302 e. The zero-order chi connectivity index (χ0) is 23.9. The van der Waals surface area contributed by atoms with Gasteiger partial charge < -0.3 is 9.69 Å². The van der Waals surface area contributed by atoms with E-state index in [1.54, 1.807) is 12.1 Å². The second-order valence-electron chi connectivity index (χ2n) is 8.67. The summed E-state index contributed by atoms with van der Waals surface area (Å²) >= 11 is 0. The molecule has 2 rings (SSSR count). The van der Waals surface area contributed by atoms with Crippen LogP contribution >= 0.6 is 0 Å². The summed E-state index contributed by atoms with van der Waals surface area (Å²) in [6.07, 6.45) is 6.03. The van der Waals surface area contributed by atoms with Crippen LogP contribution in [0.3, 0.4) is 0 Å². The molecule has 0 aromatic heterocycles. The third-order valence-electron chi connectivity index (χ3n) is 6.18. The molecule has 0 spiro atoms. The predicted octanol–water partition coefficient (Wildman–Crippen LogP) is 1.27. The Bertz CT molecular complexity index is 948. The lowest BCUT2D eigenvalue weighted by molar-refractivity contribution is -0.113. The minimum absolute atomic E-state index is 0.235. The molecule has 2 atom stereocenters. The SMILES string of the molecule is CCN(CCCCN1CCN(S(C)(=O)=O)CC1C=O)C(C)Cc1ccc(S(C)(=O)=O)cc1. The van der Waals surface area contributed by atoms with Gasteiger partial charge in [0.15, 0.2) is 9.84 Å². The minimum atomic E-state index is -3.27. The normalized spacial score (nSPS) is 19.8. The molecule has 1 aliphatic rings. The van der Waals surface area contributed by atoms with Gasteiger partial charge in [-0.25, -0.2) is 16.8 Å². The molecule has 8 nitrogen and oxygen atoms in total. The molecule has 1 aromatic rings. The molecule has 0 bridgehead atoms. The van der Waals surface area contributed by atoms with E-state index in [1.807, 2.05) is 12.1 Å². The zero-order valence-corrected chi connectivity index (χ0v) is 21.2. The molecule has 10 heteroatoms. The Morgan fingerprint density at radius 1 is 1.09 bits per heavy atom. The van der Waals surface area contributed by atoms with Crippen molar-refractivity contribution >= 4 is 26.1 Å². The molecule has 182 valence electrons. The number of likely N-dealkylation sites (N-methyl/N-ethyl adjacent to an activating group) is 1. The Morgan fingerprint density at radius 3 is 2.28 bits per heavy atom. The Balaban J connectivity index is 1.80. The molecular formula is C22H37N3O5S2. The third-order valence-corrected chi connectivity index (χ3v) is 8.57. The Hall–Kier alpha value is -1.33. The fourth-order valence-electron chi connectivity index (χ4n) is 4.19. The summed E-state index contributed by atoms with van der Waals surface area (Å²) in [6, 6.07) is 7.05. The summed E-state index contributed by atoms with van der Waals surface area (Å²) in [5.74, 6) is 0. The summed E-state index contributed by atoms with van der Waals surface area (Å²) in [6.45, 7) is 8.20. The fourth-order valence-corrected chi connectivity index (χ4v) is 5.66. The van der Waals surface area contributed by atoms with Crippen LogP contribution in [-0.2, 0) is 31.1 Å². The number of carbonyl (C=O) groups is 1. The molecule has 0 N–H and O–H groups in total. The van der Waals surface area contributed by atoms with E-state index in [1.165, 1.54) is 16.8 Å². The van der Waals surface area contributed by atoms with Gasteiger partial charge in [-0.1, -0.05) is 19.1 Å². The summed E-state index contributed by atoms with van der Waals surface area (Å²) in [5, 5.41) is 0. The Labute approximate surface area is 193 Å². The van der Waals surface area contributed by atoms with Gasteiger partial charge in [-0.2, -0.15) is 4.31 Å². The van der Waals surface area contributed by atoms with Crippen LogP contribution in [0.15, 0.2) is 29.2 Å². The van der Waals surface area contributed by atoms with E-state index in [0.29, 0.717) is 24.0 Å². The van der Waals surface area contributed by atoms with Crippen LogP contribution in [0, 0.1) is 0 Å². The van der Waals surface area contributed by atoms with Crippen molar-refractivity contribution in [2.24, 2.45) is 0 Å². The topological polar surface area (TPSA) is 95.1 Å². The molecule has 32 heavy (non-hydrogen) atoms. The van der Waals surface area contributed by atoms with Crippen molar-refractivity contribution < 1.29 is 21.6 Å². The molecule has 1 fully saturated rings. The van der Waals surface area contributed by atoms with Crippen molar-refractivity contribution in [1.82, 2.24) is 14.1 Å². The first kappa shape index (κ1) is 26.9. The van der Waals surface area contributed by atoms with Crippen molar-refractivity contribution in [3.05, 3.63) is 29.8 Å². The highest BCUT2D eigenvalue weighted by Crippen LogP contribution is 2.15. The van der Waals surface area contributed by atoms with E-state index in [-0.39, 0.29) is 12.6 Å². The number of piperazine rings is 1. The first-order valence-corrected chi connectivity index (χ1v) is 14.9. The number of carbonyl (C=O) groups excluding carboxylic acids is 1. The van der Waals surface area contributed by atoms with Gasteiger partial charge in [-0.15, -0.1) is 0 Å². The predicted molar refractivity (Wildman–Crippen MR) is 127 cm³/mol. The highest BCUT2D eigenvalue weighted by molar-refractivity contribution is 7.90. The molecule has 0 amide bonds. The van der Waals surface area contributed by atoms with E-state index >= 15 is 0 Å². The summed E-state index contributed by atoms with van der Waals surface area (Å²) < 4.78 is 48.1. The van der Waals surface area contributed by atoms with Gasteiger partial charge in [-0.3, -0.25) is 4.90 Å². The van der Waals surface area contributed by atoms with E-state index in [2.05, 4.69) is 23.6 Å². The van der Waals surface area contributed by atoms with Gasteiger partial charge in [0, 0.05) is 31.9 Å². The average molecular weight is 488 g/mol. The van der Waals surface area contributed by atoms with E-state index in [0.717, 1.165) is 50.7 Å². The van der Waals surface area contributed by atoms with Gasteiger partial charge in [0.2, 0.25) is 10.0 Å². The third kappa shape index (κ3) is 7.91. The number of sulfone groups is 1. The fraction of sp³-hybridized carbons (Fsp3) is 0.682. The number of aldehydes is 1. The van der Waals surface area contributed by atoms with Crippen molar-refractivity contribution in [2.45, 2.75) is 50.1 Å². The molecule has 1 aliphatic heterocycles. The second-order valence-corrected chi connectivity index (χ2v) is 12.7. The van der Waals surface area contributed by atoms with Crippen molar-refractivity contribution in [1.29, 1.82) is 0 Å². The maximum Gasteiger partial charge on any atom is 0.211 e. The van der Waals surface area contributed by atoms with Crippen LogP contribution in [0.4, 0.5) is 0 Å². The van der Waals surface area contributed by atoms with Crippen LogP contribution in [0.2, 0.25) is 0 Å². The number of nitrogens with zero attached hydrogens (tertiary/aromatic N) is 3. The van der Waals surface area contributed by atoms with Gasteiger partial charge >= 0.3 is 0 Å². The molecule has 0 aliphatic carbocycles. The number of hydrogen-bond acceptors (Lipinski definition) is 7. The molecule has 0 saturated carbocycles. The standard InChI is InChI=1S/C22H37N3O5S2/c1-5-23(19(2)16-20-8-10-22(11-9-20)31(3,27)28)12-6-7-13-24-14-15-25(32(4,29)30)17-21(24)18-26/h8-11,18-19,21H,5-7,12-17H2,1-4H3. The molecular weight excluding hydrogens is 450 g/mol. The van der Waals surface area contributed by atoms with Crippen LogP contribution in [0.25, 0.3) is 0 Å². The highest BCUT2D eigenvalue weighted by atomic mass is 32.2. The number of sulfonamides is 1. The van der Waals surface area contributed by atoms with E-state index in [4.69, 9.17) is 0 Å². The number of unbranched alkanes of at least 4 members (excludes halogenated alkanes) is 1. The van der Waals surface area contributed by atoms with Gasteiger partial charge in [0.05, 0.1) is 17.2 Å². The van der Waals surface area contributed by atoms with Crippen molar-refractivity contribution in [2.75, 3.05) is 51.8 Å². The molecule has 1 saturated heterocycles. The van der Waals surface area contributed by atoms with Crippen molar-refractivity contribution in [3.8, 4) is 0 Å². The van der Waals surface area contributed by atoms with E-state index < -0.39 is 19.9 Å². The number of hydrogen-bond donors (Lipinski definition) is 0. The van der Waals surface area contributed by atoms with Crippen LogP contribution in [0.5, 0.6) is 0 Å². The Kier molecular flexibility index (Phi) is 9.84. The van der Waals surface area contributed by atoms with Gasteiger partial charge in [-0.05, 0) is 63.5 Å². The number of benzene rings is 1. The maximum atomic E-state index is 11.7. The molecule has 1 aromatic carbocycles. The highest BCUT2D eigenvalue weighted by Gasteiger charge is 2.30. The quantitative estimate of drug-likeness (QED) is 0.324. The van der Waals surface area contributed by atoms with Gasteiger partial charge in [0.1, 0.15) is 6.29 Å². The van der Waals surface area contributed by atoms with Crippen molar-refractivity contribution in [3.63, 3.8) is 0 Å². The summed E-state index contributed by atoms with van der Waals surface area (Å²) in [7, 11) is -6.44. The van der Waals surface area contributed by atoms with E-state index in [9.17, 15) is 21.6 Å². The van der Waals surface area contributed by atoms with Gasteiger partial charge in [0.25, 0.3) is 0 Å². The Morgan fingerprint density at radius 2 is 1.75 bits per heavy atom. The molecule has 2 unspecified atom stereocenters. The average Bonchev–Trinajstić information content (AvgIpc) is 2.72. The van der Waals surface area contributed by atoms with Crippen LogP contribution < -0.4 is 0 Å². The largest absolute Gasteiger partial charge is 0.302 e. The first-order valence-electron chi connectivity index (χ1n) is 11.1. The smallest absolute Gasteiger partial charge is 0.211 e. The van der Waals surface area contributed by atoms with Crippen LogP contribution in [-0.4, -0.2) is 101 Å². The maximum absolute atomic E-state index is 11.7. The molecule has 1 heterocycles. The second kappa shape index (κ2) is 11.7. The summed E-state index contributed by atoms with van der Waals surface area (Å²) in [4.78, 5) is 16.3. The zero-order valence-electron chi connectivity index (χ0n) is 19.6. The lowest BCUT2D eigenvalue weighted by Crippen LogP contribution is -2.55. The lowest BCUT2D eigenvalue weighted by Gasteiger charge is -2.37. The monoisotopic (exact) mass is 487 g/mol. The number of rotatable bonds is 12. The molecule has 0 radical (unpaired) electrons. The summed E-state index contributed by atoms with van der Waals surface area (Å²) in [5.41, 5.74) is 1.11. The lowest BCUT2D eigenvalue weighted by atomic mass is 10.1. The first-order chi connectivity index (χ1) is 15.0.